The predicted octanol–water partition coefficient (Wildman–Crippen LogP) is 9.40. The highest BCUT2D eigenvalue weighted by molar-refractivity contribution is 8.19. The summed E-state index contributed by atoms with van der Waals surface area (Å²) in [6.45, 7) is 6.68. The third-order valence-corrected chi connectivity index (χ3v) is 8.19. The van der Waals surface area contributed by atoms with Crippen LogP contribution in [0.3, 0.4) is 0 Å². The van der Waals surface area contributed by atoms with Gasteiger partial charge in [-0.05, 0) is 97.3 Å². The van der Waals surface area contributed by atoms with E-state index in [9.17, 15) is 4.79 Å². The summed E-state index contributed by atoms with van der Waals surface area (Å²) in [5, 5.41) is 1.69. The van der Waals surface area contributed by atoms with Gasteiger partial charge >= 0.3 is 0 Å². The normalized spacial score (nSPS) is 15.1. The number of nitrogens with zero attached hydrogens (tertiary/aromatic N) is 2. The number of ether oxygens (including phenoxy) is 2. The maximum atomic E-state index is 13.8. The van der Waals surface area contributed by atoms with Crippen molar-refractivity contribution in [1.29, 1.82) is 0 Å². The molecule has 1 heterocycles. The Hall–Kier alpha value is -3.71. The second-order valence-electron chi connectivity index (χ2n) is 9.43. The highest BCUT2D eigenvalue weighted by Gasteiger charge is 2.35. The van der Waals surface area contributed by atoms with Crippen LogP contribution in [0.1, 0.15) is 29.2 Å². The lowest BCUT2D eigenvalue weighted by Gasteiger charge is -2.16. The maximum absolute atomic E-state index is 13.8. The summed E-state index contributed by atoms with van der Waals surface area (Å²) in [5.41, 5.74) is 5.03. The number of carbonyl (C=O) groups excluding carboxylic acids is 1. The Morgan fingerprint density at radius 1 is 0.854 bits per heavy atom. The molecule has 1 saturated heterocycles. The van der Waals surface area contributed by atoms with Crippen LogP contribution in [0.2, 0.25) is 10.0 Å². The fourth-order valence-electron chi connectivity index (χ4n) is 4.15. The number of thioether (sulfide) groups is 1. The first-order valence-corrected chi connectivity index (χ1v) is 14.7. The predicted molar refractivity (Wildman–Crippen MR) is 171 cm³/mol. The number of hydrogen-bond donors (Lipinski definition) is 0. The van der Waals surface area contributed by atoms with Crippen LogP contribution in [0.15, 0.2) is 94.8 Å². The number of benzene rings is 4. The van der Waals surface area contributed by atoms with E-state index in [-0.39, 0.29) is 5.91 Å². The van der Waals surface area contributed by atoms with Crippen molar-refractivity contribution < 1.29 is 14.3 Å². The molecule has 5 nitrogen and oxygen atoms in total. The van der Waals surface area contributed by atoms with Crippen LogP contribution in [0.25, 0.3) is 6.08 Å². The van der Waals surface area contributed by atoms with E-state index in [4.69, 9.17) is 37.7 Å². The van der Waals surface area contributed by atoms with Crippen LogP contribution in [0.4, 0.5) is 11.4 Å². The molecule has 0 spiro atoms. The zero-order chi connectivity index (χ0) is 28.9. The summed E-state index contributed by atoms with van der Waals surface area (Å²) >= 11 is 14.1. The molecular formula is C33H28Cl2N2O3S. The molecule has 0 bridgehead atoms. The van der Waals surface area contributed by atoms with Gasteiger partial charge in [0.25, 0.3) is 5.91 Å². The summed E-state index contributed by atoms with van der Waals surface area (Å²) in [7, 11) is 0. The minimum atomic E-state index is -0.200. The van der Waals surface area contributed by atoms with E-state index >= 15 is 0 Å². The molecule has 8 heteroatoms. The number of hydrogen-bond acceptors (Lipinski definition) is 5. The molecule has 0 saturated carbocycles. The Morgan fingerprint density at radius 3 is 2.29 bits per heavy atom. The van der Waals surface area contributed by atoms with Gasteiger partial charge in [0.1, 0.15) is 6.61 Å². The third kappa shape index (κ3) is 6.79. The molecule has 0 aliphatic carbocycles. The average molecular weight is 604 g/mol. The zero-order valence-corrected chi connectivity index (χ0v) is 25.2. The summed E-state index contributed by atoms with van der Waals surface area (Å²) in [4.78, 5) is 20.7. The highest BCUT2D eigenvalue weighted by Crippen LogP contribution is 2.40. The monoisotopic (exact) mass is 602 g/mol. The van der Waals surface area contributed by atoms with Gasteiger partial charge in [0.05, 0.1) is 22.9 Å². The van der Waals surface area contributed by atoms with E-state index in [0.29, 0.717) is 56.2 Å². The van der Waals surface area contributed by atoms with Crippen molar-refractivity contribution >= 4 is 63.5 Å². The largest absolute Gasteiger partial charge is 0.490 e. The smallest absolute Gasteiger partial charge is 0.271 e. The molecule has 1 amide bonds. The van der Waals surface area contributed by atoms with Gasteiger partial charge in [0.2, 0.25) is 0 Å². The molecule has 4 aromatic rings. The van der Waals surface area contributed by atoms with Crippen LogP contribution in [-0.4, -0.2) is 17.7 Å². The number of anilines is 1. The molecule has 0 unspecified atom stereocenters. The van der Waals surface area contributed by atoms with Gasteiger partial charge in [-0.2, -0.15) is 0 Å². The Kier molecular flexibility index (Phi) is 9.03. The number of amidine groups is 1. The number of aryl methyl sites for hydroxylation is 2. The van der Waals surface area contributed by atoms with Gasteiger partial charge in [-0.15, -0.1) is 0 Å². The number of rotatable bonds is 8. The van der Waals surface area contributed by atoms with Crippen molar-refractivity contribution in [3.63, 3.8) is 0 Å². The minimum absolute atomic E-state index is 0.200. The first kappa shape index (κ1) is 28.8. The topological polar surface area (TPSA) is 51.1 Å². The van der Waals surface area contributed by atoms with Crippen LogP contribution in [0, 0.1) is 13.8 Å². The first-order chi connectivity index (χ1) is 19.8. The lowest BCUT2D eigenvalue weighted by Crippen LogP contribution is -2.28. The summed E-state index contributed by atoms with van der Waals surface area (Å²) in [6.07, 6.45) is 1.84. The van der Waals surface area contributed by atoms with E-state index in [1.54, 1.807) is 17.0 Å². The lowest BCUT2D eigenvalue weighted by molar-refractivity contribution is -0.113. The van der Waals surface area contributed by atoms with E-state index in [2.05, 4.69) is 0 Å². The van der Waals surface area contributed by atoms with Gasteiger partial charge in [0.15, 0.2) is 16.7 Å². The van der Waals surface area contributed by atoms with Crippen molar-refractivity contribution in [2.45, 2.75) is 27.4 Å². The second-order valence-corrected chi connectivity index (χ2v) is 11.2. The van der Waals surface area contributed by atoms with Crippen molar-refractivity contribution in [3.8, 4) is 11.5 Å². The molecule has 0 N–H and O–H groups in total. The molecule has 1 aliphatic heterocycles. The van der Waals surface area contributed by atoms with Crippen LogP contribution < -0.4 is 14.4 Å². The van der Waals surface area contributed by atoms with E-state index < -0.39 is 0 Å². The van der Waals surface area contributed by atoms with Gasteiger partial charge in [-0.25, -0.2) is 4.99 Å². The lowest BCUT2D eigenvalue weighted by atomic mass is 10.1. The average Bonchev–Trinajstić information content (AvgIpc) is 3.26. The summed E-state index contributed by atoms with van der Waals surface area (Å²) in [5.74, 6) is 1.05. The first-order valence-electron chi connectivity index (χ1n) is 13.1. The van der Waals surface area contributed by atoms with Crippen molar-refractivity contribution in [3.05, 3.63) is 122 Å². The fraction of sp³-hybridized carbons (Fsp3) is 0.152. The van der Waals surface area contributed by atoms with Gasteiger partial charge in [-0.1, -0.05) is 71.7 Å². The molecule has 0 aromatic heterocycles. The number of halogens is 2. The minimum Gasteiger partial charge on any atom is -0.490 e. The standard InChI is InChI=1S/C33H28Cl2N2O3S/c1-4-39-30-16-24(12-15-29(30)40-20-23-8-6-5-7-9-23)17-31-32(38)37(26-14-11-22(3)28(35)19-26)33(41-31)36-25-13-10-21(2)27(34)18-25/h5-19H,4,20H2,1-3H3/b31-17+,36-33?. The Balaban J connectivity index is 1.49. The van der Waals surface area contributed by atoms with Crippen LogP contribution in [0.5, 0.6) is 11.5 Å². The molecule has 1 aliphatic rings. The van der Waals surface area contributed by atoms with E-state index in [1.165, 1.54) is 11.8 Å². The van der Waals surface area contributed by atoms with Crippen LogP contribution in [-0.2, 0) is 11.4 Å². The highest BCUT2D eigenvalue weighted by atomic mass is 35.5. The molecular weight excluding hydrogens is 575 g/mol. The van der Waals surface area contributed by atoms with Gasteiger partial charge in [-0.3, -0.25) is 9.69 Å². The molecule has 5 rings (SSSR count). The van der Waals surface area contributed by atoms with Crippen molar-refractivity contribution in [2.75, 3.05) is 11.5 Å². The van der Waals surface area contributed by atoms with Crippen molar-refractivity contribution in [1.82, 2.24) is 0 Å². The Labute approximate surface area is 254 Å². The van der Waals surface area contributed by atoms with Crippen molar-refractivity contribution in [2.24, 2.45) is 4.99 Å². The van der Waals surface area contributed by atoms with E-state index in [1.807, 2.05) is 99.6 Å². The second kappa shape index (κ2) is 12.9. The SMILES string of the molecule is CCOc1cc(/C=C2/SC(=Nc3ccc(C)c(Cl)c3)N(c3ccc(C)c(Cl)c3)C2=O)ccc1OCc1ccccc1. The van der Waals surface area contributed by atoms with Gasteiger partial charge < -0.3 is 9.47 Å². The molecule has 4 aromatic carbocycles. The Morgan fingerprint density at radius 2 is 1.59 bits per heavy atom. The Bertz CT molecular complexity index is 1650. The van der Waals surface area contributed by atoms with Crippen LogP contribution >= 0.6 is 35.0 Å². The summed E-state index contributed by atoms with van der Waals surface area (Å²) < 4.78 is 11.9. The molecule has 1 fully saturated rings. The number of carbonyl (C=O) groups is 1. The molecule has 208 valence electrons. The van der Waals surface area contributed by atoms with Gasteiger partial charge in [0, 0.05) is 10.0 Å². The molecule has 0 atom stereocenters. The van der Waals surface area contributed by atoms with E-state index in [0.717, 1.165) is 22.3 Å². The maximum Gasteiger partial charge on any atom is 0.271 e. The number of aliphatic imine (C=N–C) groups is 1. The number of amides is 1. The quantitative estimate of drug-likeness (QED) is 0.188. The molecule has 0 radical (unpaired) electrons. The fourth-order valence-corrected chi connectivity index (χ4v) is 5.50. The zero-order valence-electron chi connectivity index (χ0n) is 22.9. The molecule has 41 heavy (non-hydrogen) atoms. The summed E-state index contributed by atoms with van der Waals surface area (Å²) in [6, 6.07) is 26.7. The third-order valence-electron chi connectivity index (χ3n) is 6.40.